The summed E-state index contributed by atoms with van der Waals surface area (Å²) in [5.74, 6) is 0.166. The lowest BCUT2D eigenvalue weighted by molar-refractivity contribution is -0.701. The van der Waals surface area contributed by atoms with E-state index in [4.69, 9.17) is 0 Å². The van der Waals surface area contributed by atoms with E-state index in [-0.39, 0.29) is 5.78 Å². The molecule has 0 fully saturated rings. The molecule has 0 bridgehead atoms. The number of Topliss-reactive ketones (excluding diaryl/α,β-unsaturated/α-hetero) is 1. The first kappa shape index (κ1) is 8.68. The molecule has 0 amide bonds. The van der Waals surface area contributed by atoms with Crippen LogP contribution >= 0.6 is 0 Å². The molecule has 14 heavy (non-hydrogen) atoms. The molecule has 0 saturated carbocycles. The number of aromatic nitrogens is 4. The Hall–Kier alpha value is -1.91. The molecule has 72 valence electrons. The van der Waals surface area contributed by atoms with Crippen LogP contribution in [0.25, 0.3) is 0 Å². The minimum absolute atomic E-state index is 0.166. The number of nitrogens with one attached hydrogen (secondary N) is 2. The fraction of sp³-hybridized carbons (Fsp3) is 0.222. The van der Waals surface area contributed by atoms with Crippen LogP contribution in [-0.4, -0.2) is 15.8 Å². The van der Waals surface area contributed by atoms with E-state index >= 15 is 0 Å². The minimum Gasteiger partial charge on any atom is -0.291 e. The van der Waals surface area contributed by atoms with E-state index in [1.54, 1.807) is 25.0 Å². The van der Waals surface area contributed by atoms with Gasteiger partial charge < -0.3 is 0 Å². The summed E-state index contributed by atoms with van der Waals surface area (Å²) in [6, 6.07) is 0. The molecule has 0 aromatic carbocycles. The molecule has 0 saturated heterocycles. The van der Waals surface area contributed by atoms with Crippen molar-refractivity contribution in [2.24, 2.45) is 0 Å². The van der Waals surface area contributed by atoms with Crippen molar-refractivity contribution in [2.45, 2.75) is 13.1 Å². The molecule has 0 unspecified atom stereocenters. The fourth-order valence-corrected chi connectivity index (χ4v) is 1.30. The van der Waals surface area contributed by atoms with Crippen molar-refractivity contribution in [2.75, 3.05) is 0 Å². The maximum absolute atomic E-state index is 11.5. The molecular weight excluding hydrogens is 180 g/mol. The van der Waals surface area contributed by atoms with Gasteiger partial charge in [0.05, 0.1) is 0 Å². The van der Waals surface area contributed by atoms with E-state index in [0.29, 0.717) is 13.1 Å². The SMILES string of the molecule is O=C(C[n+]1cc[nH]c1)C[n+]1cc[nH]c1. The number of H-pyrrole nitrogens is 2. The molecule has 2 N–H and O–H groups in total. The van der Waals surface area contributed by atoms with Crippen molar-refractivity contribution in [3.63, 3.8) is 0 Å². The zero-order chi connectivity index (χ0) is 9.80. The minimum atomic E-state index is 0.166. The lowest BCUT2D eigenvalue weighted by Crippen LogP contribution is -2.43. The van der Waals surface area contributed by atoms with Gasteiger partial charge in [-0.2, -0.15) is 0 Å². The van der Waals surface area contributed by atoms with E-state index in [2.05, 4.69) is 9.97 Å². The maximum atomic E-state index is 11.5. The summed E-state index contributed by atoms with van der Waals surface area (Å²) < 4.78 is 3.63. The number of nitrogens with zero attached hydrogens (tertiary/aromatic N) is 2. The Morgan fingerprint density at radius 3 is 1.86 bits per heavy atom. The van der Waals surface area contributed by atoms with Crippen LogP contribution in [0.5, 0.6) is 0 Å². The third-order valence-electron chi connectivity index (χ3n) is 1.92. The van der Waals surface area contributed by atoms with Gasteiger partial charge in [0.25, 0.3) is 0 Å². The lowest BCUT2D eigenvalue weighted by Gasteiger charge is -1.94. The van der Waals surface area contributed by atoms with E-state index in [1.807, 2.05) is 21.5 Å². The average molecular weight is 192 g/mol. The highest BCUT2D eigenvalue weighted by atomic mass is 16.1. The summed E-state index contributed by atoms with van der Waals surface area (Å²) in [6.07, 6.45) is 10.8. The number of aromatic amines is 2. The monoisotopic (exact) mass is 192 g/mol. The van der Waals surface area contributed by atoms with Crippen LogP contribution in [0, 0.1) is 0 Å². The molecule has 2 heterocycles. The summed E-state index contributed by atoms with van der Waals surface area (Å²) in [5.41, 5.74) is 0. The largest absolute Gasteiger partial charge is 0.291 e. The Balaban J connectivity index is 1.91. The number of carbonyl (C=O) groups excluding carboxylic acids is 1. The van der Waals surface area contributed by atoms with Crippen molar-refractivity contribution in [1.29, 1.82) is 0 Å². The first-order valence-corrected chi connectivity index (χ1v) is 4.40. The third kappa shape index (κ3) is 2.07. The Bertz CT molecular complexity index is 352. The Kier molecular flexibility index (Phi) is 2.40. The van der Waals surface area contributed by atoms with Gasteiger partial charge in [-0.15, -0.1) is 0 Å². The van der Waals surface area contributed by atoms with Crippen molar-refractivity contribution in [3.8, 4) is 0 Å². The van der Waals surface area contributed by atoms with Gasteiger partial charge in [-0.3, -0.25) is 14.8 Å². The quantitative estimate of drug-likeness (QED) is 0.611. The van der Waals surface area contributed by atoms with Gasteiger partial charge in [-0.1, -0.05) is 0 Å². The highest BCUT2D eigenvalue weighted by Gasteiger charge is 2.10. The molecule has 2 rings (SSSR count). The normalized spacial score (nSPS) is 10.3. The standard InChI is InChI=1S/C9H10N4O/c14-9(5-12-3-1-10-7-12)6-13-4-2-11-8-13/h1-4,7-8H,5-6H2/p+2. The molecule has 2 aromatic heterocycles. The van der Waals surface area contributed by atoms with Crippen LogP contribution in [0.4, 0.5) is 0 Å². The van der Waals surface area contributed by atoms with Gasteiger partial charge in [-0.05, 0) is 0 Å². The number of ketones is 1. The predicted molar refractivity (Wildman–Crippen MR) is 47.0 cm³/mol. The van der Waals surface area contributed by atoms with Crippen LogP contribution in [0.3, 0.4) is 0 Å². The molecular formula is C9H12N4O+2. The number of carbonyl (C=O) groups is 1. The summed E-state index contributed by atoms with van der Waals surface area (Å²) in [5, 5.41) is 0. The van der Waals surface area contributed by atoms with Crippen molar-refractivity contribution < 1.29 is 13.9 Å². The highest BCUT2D eigenvalue weighted by molar-refractivity contribution is 5.75. The van der Waals surface area contributed by atoms with Gasteiger partial charge in [-0.25, -0.2) is 9.13 Å². The van der Waals surface area contributed by atoms with Crippen LogP contribution in [-0.2, 0) is 17.9 Å². The van der Waals surface area contributed by atoms with Gasteiger partial charge in [0.2, 0.25) is 18.4 Å². The smallest absolute Gasteiger partial charge is 0.241 e. The zero-order valence-corrected chi connectivity index (χ0v) is 7.68. The molecule has 0 aliphatic heterocycles. The number of hydrogen-bond donors (Lipinski definition) is 2. The van der Waals surface area contributed by atoms with Gasteiger partial charge >= 0.3 is 0 Å². The molecule has 0 aliphatic carbocycles. The van der Waals surface area contributed by atoms with E-state index in [1.165, 1.54) is 0 Å². The lowest BCUT2D eigenvalue weighted by atomic mass is 10.4. The Labute approximate surface area is 81.0 Å². The molecule has 5 heteroatoms. The van der Waals surface area contributed by atoms with E-state index in [0.717, 1.165) is 0 Å². The van der Waals surface area contributed by atoms with E-state index in [9.17, 15) is 4.79 Å². The van der Waals surface area contributed by atoms with Crippen molar-refractivity contribution in [1.82, 2.24) is 9.97 Å². The number of rotatable bonds is 4. The zero-order valence-electron chi connectivity index (χ0n) is 7.68. The van der Waals surface area contributed by atoms with Crippen LogP contribution in [0.2, 0.25) is 0 Å². The third-order valence-corrected chi connectivity index (χ3v) is 1.92. The fourth-order valence-electron chi connectivity index (χ4n) is 1.30. The first-order chi connectivity index (χ1) is 6.84. The highest BCUT2D eigenvalue weighted by Crippen LogP contribution is 1.77. The Morgan fingerprint density at radius 1 is 1.00 bits per heavy atom. The maximum Gasteiger partial charge on any atom is 0.241 e. The second-order valence-electron chi connectivity index (χ2n) is 3.11. The molecule has 0 spiro atoms. The number of imidazole rings is 2. The van der Waals surface area contributed by atoms with Crippen molar-refractivity contribution >= 4 is 5.78 Å². The topological polar surface area (TPSA) is 56.4 Å². The molecule has 0 aliphatic rings. The van der Waals surface area contributed by atoms with Gasteiger partial charge in [0.1, 0.15) is 24.8 Å². The molecule has 0 atom stereocenters. The summed E-state index contributed by atoms with van der Waals surface area (Å²) in [4.78, 5) is 17.3. The van der Waals surface area contributed by atoms with Crippen molar-refractivity contribution in [3.05, 3.63) is 37.4 Å². The summed E-state index contributed by atoms with van der Waals surface area (Å²) in [7, 11) is 0. The van der Waals surface area contributed by atoms with Crippen LogP contribution in [0.1, 0.15) is 0 Å². The summed E-state index contributed by atoms with van der Waals surface area (Å²) >= 11 is 0. The second kappa shape index (κ2) is 3.87. The van der Waals surface area contributed by atoms with E-state index < -0.39 is 0 Å². The average Bonchev–Trinajstić information content (AvgIpc) is 2.76. The predicted octanol–water partition coefficient (Wildman–Crippen LogP) is -0.813. The second-order valence-corrected chi connectivity index (χ2v) is 3.11. The molecule has 5 nitrogen and oxygen atoms in total. The number of hydrogen-bond acceptors (Lipinski definition) is 1. The van der Waals surface area contributed by atoms with Crippen LogP contribution < -0.4 is 9.13 Å². The van der Waals surface area contributed by atoms with Gasteiger partial charge in [0, 0.05) is 0 Å². The Morgan fingerprint density at radius 2 is 1.50 bits per heavy atom. The van der Waals surface area contributed by atoms with Gasteiger partial charge in [0.15, 0.2) is 13.1 Å². The molecule has 0 radical (unpaired) electrons. The molecule has 2 aromatic rings. The van der Waals surface area contributed by atoms with Crippen LogP contribution in [0.15, 0.2) is 37.4 Å². The summed E-state index contributed by atoms with van der Waals surface area (Å²) in [6.45, 7) is 0.809. The first-order valence-electron chi connectivity index (χ1n) is 4.40.